The summed E-state index contributed by atoms with van der Waals surface area (Å²) >= 11 is 0. The lowest BCUT2D eigenvalue weighted by molar-refractivity contribution is 0.0526. The van der Waals surface area contributed by atoms with Crippen molar-refractivity contribution < 1.29 is 9.53 Å². The van der Waals surface area contributed by atoms with Gasteiger partial charge in [-0.1, -0.05) is 0 Å². The molecular weight excluding hydrogens is 192 g/mol. The van der Waals surface area contributed by atoms with E-state index in [0.29, 0.717) is 12.2 Å². The van der Waals surface area contributed by atoms with Gasteiger partial charge in [0.1, 0.15) is 0 Å². The van der Waals surface area contributed by atoms with Gasteiger partial charge in [-0.3, -0.25) is 0 Å². The number of benzene rings is 1. The molecule has 0 aliphatic heterocycles. The van der Waals surface area contributed by atoms with Crippen LogP contribution >= 0.6 is 0 Å². The van der Waals surface area contributed by atoms with Crippen molar-refractivity contribution >= 4 is 17.0 Å². The van der Waals surface area contributed by atoms with E-state index in [9.17, 15) is 4.79 Å². The lowest BCUT2D eigenvalue weighted by Crippen LogP contribution is -2.04. The topological polar surface area (TPSA) is 44.1 Å². The van der Waals surface area contributed by atoms with Crippen molar-refractivity contribution in [1.82, 2.24) is 9.55 Å². The van der Waals surface area contributed by atoms with E-state index in [1.165, 1.54) is 0 Å². The first-order valence-corrected chi connectivity index (χ1v) is 4.80. The number of hydrogen-bond donors (Lipinski definition) is 0. The second-order valence-electron chi connectivity index (χ2n) is 3.28. The van der Waals surface area contributed by atoms with E-state index in [1.54, 1.807) is 25.4 Å². The third kappa shape index (κ3) is 1.70. The molecule has 4 nitrogen and oxygen atoms in total. The fourth-order valence-corrected chi connectivity index (χ4v) is 1.48. The summed E-state index contributed by atoms with van der Waals surface area (Å²) in [5.41, 5.74) is 2.36. The number of imidazole rings is 1. The van der Waals surface area contributed by atoms with Gasteiger partial charge >= 0.3 is 5.97 Å². The van der Waals surface area contributed by atoms with Gasteiger partial charge in [-0.25, -0.2) is 9.78 Å². The SMILES string of the molecule is CCOC(=O)c1ccc2c(c1)ncn2C. The number of fused-ring (bicyclic) bond motifs is 1. The lowest BCUT2D eigenvalue weighted by Gasteiger charge is -2.01. The van der Waals surface area contributed by atoms with Crippen molar-refractivity contribution in [3.8, 4) is 0 Å². The van der Waals surface area contributed by atoms with Crippen molar-refractivity contribution in [2.45, 2.75) is 6.92 Å². The maximum absolute atomic E-state index is 11.4. The van der Waals surface area contributed by atoms with Crippen LogP contribution in [0.5, 0.6) is 0 Å². The Morgan fingerprint density at radius 1 is 1.53 bits per heavy atom. The predicted molar refractivity (Wildman–Crippen MR) is 56.7 cm³/mol. The normalized spacial score (nSPS) is 10.5. The number of carbonyl (C=O) groups excluding carboxylic acids is 1. The van der Waals surface area contributed by atoms with Gasteiger partial charge in [0.05, 0.1) is 29.5 Å². The van der Waals surface area contributed by atoms with Gasteiger partial charge in [0.15, 0.2) is 0 Å². The molecule has 1 aromatic carbocycles. The Balaban J connectivity index is 2.43. The Bertz CT molecular complexity index is 502. The molecule has 0 aliphatic rings. The largest absolute Gasteiger partial charge is 0.462 e. The Morgan fingerprint density at radius 3 is 3.07 bits per heavy atom. The number of esters is 1. The zero-order chi connectivity index (χ0) is 10.8. The third-order valence-corrected chi connectivity index (χ3v) is 2.24. The first kappa shape index (κ1) is 9.71. The Labute approximate surface area is 87.5 Å². The van der Waals surface area contributed by atoms with E-state index in [2.05, 4.69) is 4.98 Å². The van der Waals surface area contributed by atoms with Gasteiger partial charge in [-0.15, -0.1) is 0 Å². The molecule has 0 amide bonds. The van der Waals surface area contributed by atoms with Gasteiger partial charge < -0.3 is 9.30 Å². The van der Waals surface area contributed by atoms with Crippen LogP contribution in [-0.4, -0.2) is 22.1 Å². The second-order valence-corrected chi connectivity index (χ2v) is 3.28. The summed E-state index contributed by atoms with van der Waals surface area (Å²) in [5.74, 6) is -0.301. The van der Waals surface area contributed by atoms with Gasteiger partial charge in [0.25, 0.3) is 0 Å². The molecule has 0 N–H and O–H groups in total. The van der Waals surface area contributed by atoms with Crippen LogP contribution in [0, 0.1) is 0 Å². The van der Waals surface area contributed by atoms with E-state index >= 15 is 0 Å². The van der Waals surface area contributed by atoms with Gasteiger partial charge in [0, 0.05) is 7.05 Å². The number of rotatable bonds is 2. The number of ether oxygens (including phenoxy) is 1. The summed E-state index contributed by atoms with van der Waals surface area (Å²) in [6, 6.07) is 5.36. The zero-order valence-corrected chi connectivity index (χ0v) is 8.73. The molecule has 2 rings (SSSR count). The van der Waals surface area contributed by atoms with Crippen LogP contribution < -0.4 is 0 Å². The first-order valence-electron chi connectivity index (χ1n) is 4.80. The Hall–Kier alpha value is -1.84. The van der Waals surface area contributed by atoms with Gasteiger partial charge in [-0.05, 0) is 25.1 Å². The molecule has 0 fully saturated rings. The van der Waals surface area contributed by atoms with E-state index in [0.717, 1.165) is 11.0 Å². The maximum atomic E-state index is 11.4. The van der Waals surface area contributed by atoms with E-state index < -0.39 is 0 Å². The average molecular weight is 204 g/mol. The molecule has 0 radical (unpaired) electrons. The lowest BCUT2D eigenvalue weighted by atomic mass is 10.2. The third-order valence-electron chi connectivity index (χ3n) is 2.24. The molecule has 1 aromatic heterocycles. The van der Waals surface area contributed by atoms with Crippen LogP contribution in [0.1, 0.15) is 17.3 Å². The molecule has 15 heavy (non-hydrogen) atoms. The number of aryl methyl sites for hydroxylation is 1. The van der Waals surface area contributed by atoms with Crippen LogP contribution in [-0.2, 0) is 11.8 Å². The fraction of sp³-hybridized carbons (Fsp3) is 0.273. The van der Waals surface area contributed by atoms with Crippen molar-refractivity contribution in [3.05, 3.63) is 30.1 Å². The molecule has 0 atom stereocenters. The molecule has 0 unspecified atom stereocenters. The van der Waals surface area contributed by atoms with Gasteiger partial charge in [0.2, 0.25) is 0 Å². The van der Waals surface area contributed by atoms with Crippen molar-refractivity contribution in [2.75, 3.05) is 6.61 Å². The molecule has 4 heteroatoms. The number of nitrogens with zero attached hydrogens (tertiary/aromatic N) is 2. The molecule has 78 valence electrons. The van der Waals surface area contributed by atoms with Gasteiger partial charge in [-0.2, -0.15) is 0 Å². The fourth-order valence-electron chi connectivity index (χ4n) is 1.48. The highest BCUT2D eigenvalue weighted by molar-refractivity contribution is 5.93. The first-order chi connectivity index (χ1) is 7.22. The molecule has 0 spiro atoms. The van der Waals surface area contributed by atoms with Crippen LogP contribution in [0.25, 0.3) is 11.0 Å². The number of hydrogen-bond acceptors (Lipinski definition) is 3. The average Bonchev–Trinajstić information content (AvgIpc) is 2.60. The second kappa shape index (κ2) is 3.73. The highest BCUT2D eigenvalue weighted by Crippen LogP contribution is 2.14. The van der Waals surface area contributed by atoms with Crippen molar-refractivity contribution in [1.29, 1.82) is 0 Å². The summed E-state index contributed by atoms with van der Waals surface area (Å²) < 4.78 is 6.82. The molecule has 0 saturated carbocycles. The molecular formula is C11H12N2O2. The standard InChI is InChI=1S/C11H12N2O2/c1-3-15-11(14)8-4-5-10-9(6-8)12-7-13(10)2/h4-7H,3H2,1-2H3. The highest BCUT2D eigenvalue weighted by atomic mass is 16.5. The van der Waals surface area contributed by atoms with E-state index in [1.807, 2.05) is 17.7 Å². The van der Waals surface area contributed by atoms with Crippen molar-refractivity contribution in [2.24, 2.45) is 7.05 Å². The van der Waals surface area contributed by atoms with Crippen LogP contribution in [0.2, 0.25) is 0 Å². The summed E-state index contributed by atoms with van der Waals surface area (Å²) in [6.45, 7) is 2.18. The van der Waals surface area contributed by atoms with Crippen LogP contribution in [0.15, 0.2) is 24.5 Å². The summed E-state index contributed by atoms with van der Waals surface area (Å²) in [7, 11) is 1.92. The van der Waals surface area contributed by atoms with E-state index in [-0.39, 0.29) is 5.97 Å². The molecule has 0 saturated heterocycles. The molecule has 1 heterocycles. The smallest absolute Gasteiger partial charge is 0.338 e. The number of carbonyl (C=O) groups is 1. The predicted octanol–water partition coefficient (Wildman–Crippen LogP) is 1.75. The Kier molecular flexibility index (Phi) is 2.41. The summed E-state index contributed by atoms with van der Waals surface area (Å²) in [4.78, 5) is 15.6. The van der Waals surface area contributed by atoms with Crippen LogP contribution in [0.4, 0.5) is 0 Å². The Morgan fingerprint density at radius 2 is 2.33 bits per heavy atom. The minimum Gasteiger partial charge on any atom is -0.462 e. The van der Waals surface area contributed by atoms with Crippen LogP contribution in [0.3, 0.4) is 0 Å². The zero-order valence-electron chi connectivity index (χ0n) is 8.73. The molecule has 0 bridgehead atoms. The maximum Gasteiger partial charge on any atom is 0.338 e. The summed E-state index contributed by atoms with van der Waals surface area (Å²) in [6.07, 6.45) is 1.72. The quantitative estimate of drug-likeness (QED) is 0.700. The summed E-state index contributed by atoms with van der Waals surface area (Å²) in [5, 5.41) is 0. The van der Waals surface area contributed by atoms with Crippen molar-refractivity contribution in [3.63, 3.8) is 0 Å². The minimum atomic E-state index is -0.301. The molecule has 2 aromatic rings. The minimum absolute atomic E-state index is 0.301. The highest BCUT2D eigenvalue weighted by Gasteiger charge is 2.08. The monoisotopic (exact) mass is 204 g/mol. The number of aromatic nitrogens is 2. The molecule has 0 aliphatic carbocycles. The van der Waals surface area contributed by atoms with E-state index in [4.69, 9.17) is 4.74 Å².